The van der Waals surface area contributed by atoms with Gasteiger partial charge in [0.2, 0.25) is 0 Å². The van der Waals surface area contributed by atoms with Gasteiger partial charge in [0, 0.05) is 25.6 Å². The topological polar surface area (TPSA) is 56.5 Å². The summed E-state index contributed by atoms with van der Waals surface area (Å²) in [5, 5.41) is 3.41. The number of fused-ring (bicyclic) bond motifs is 1. The number of ether oxygens (including phenoxy) is 2. The zero-order chi connectivity index (χ0) is 14.4. The second-order valence-corrected chi connectivity index (χ2v) is 5.30. The normalized spacial score (nSPS) is 14.3. The van der Waals surface area contributed by atoms with E-state index in [4.69, 9.17) is 15.2 Å². The third-order valence-corrected chi connectivity index (χ3v) is 3.66. The van der Waals surface area contributed by atoms with Crippen LogP contribution in [0, 0.1) is 11.8 Å². The minimum atomic E-state index is 0.0841. The highest BCUT2D eigenvalue weighted by atomic mass is 79.9. The first kappa shape index (κ1) is 15.2. The summed E-state index contributed by atoms with van der Waals surface area (Å²) < 4.78 is 12.1. The zero-order valence-corrected chi connectivity index (χ0v) is 13.1. The number of nitrogens with two attached hydrogens (primary N) is 1. The van der Waals surface area contributed by atoms with E-state index in [1.54, 1.807) is 0 Å². The summed E-state index contributed by atoms with van der Waals surface area (Å²) in [5.41, 5.74) is 6.95. The van der Waals surface area contributed by atoms with E-state index in [1.807, 2.05) is 19.1 Å². The van der Waals surface area contributed by atoms with Crippen LogP contribution in [0.4, 0.5) is 0 Å². The molecule has 20 heavy (non-hydrogen) atoms. The van der Waals surface area contributed by atoms with Gasteiger partial charge in [-0.2, -0.15) is 0 Å². The summed E-state index contributed by atoms with van der Waals surface area (Å²) in [6, 6.07) is 4.11. The van der Waals surface area contributed by atoms with Gasteiger partial charge in [-0.3, -0.25) is 0 Å². The van der Waals surface area contributed by atoms with E-state index in [1.165, 1.54) is 0 Å². The fourth-order valence-corrected chi connectivity index (χ4v) is 2.68. The van der Waals surface area contributed by atoms with Crippen molar-refractivity contribution >= 4 is 15.9 Å². The molecule has 1 aromatic carbocycles. The lowest BCUT2D eigenvalue weighted by Crippen LogP contribution is -2.29. The Morgan fingerprint density at radius 3 is 2.95 bits per heavy atom. The summed E-state index contributed by atoms with van der Waals surface area (Å²) in [6.07, 6.45) is 0.818. The Balaban J connectivity index is 2.12. The van der Waals surface area contributed by atoms with Crippen molar-refractivity contribution in [2.24, 2.45) is 5.73 Å². The number of halogens is 1. The highest BCUT2D eigenvalue weighted by molar-refractivity contribution is 9.10. The number of benzene rings is 1. The van der Waals surface area contributed by atoms with E-state index in [0.717, 1.165) is 34.5 Å². The largest absolute Gasteiger partial charge is 0.486 e. The molecule has 1 atom stereocenters. The molecular weight excluding hydrogens is 320 g/mol. The molecule has 1 aliphatic heterocycles. The Labute approximate surface area is 128 Å². The molecule has 0 fully saturated rings. The first-order chi connectivity index (χ1) is 9.76. The van der Waals surface area contributed by atoms with E-state index < -0.39 is 0 Å². The lowest BCUT2D eigenvalue weighted by Gasteiger charge is -2.23. The molecule has 108 valence electrons. The van der Waals surface area contributed by atoms with Crippen molar-refractivity contribution in [3.8, 4) is 23.3 Å². The van der Waals surface area contributed by atoms with Gasteiger partial charge in [0.15, 0.2) is 11.5 Å². The molecule has 0 saturated heterocycles. The van der Waals surface area contributed by atoms with Crippen LogP contribution >= 0.6 is 15.9 Å². The predicted octanol–water partition coefficient (Wildman–Crippen LogP) is 2.22. The Kier molecular flexibility index (Phi) is 5.72. The monoisotopic (exact) mass is 338 g/mol. The molecule has 0 aromatic heterocycles. The molecule has 1 unspecified atom stereocenters. The molecule has 0 amide bonds. The minimum absolute atomic E-state index is 0.0841. The van der Waals surface area contributed by atoms with Gasteiger partial charge in [0.25, 0.3) is 0 Å². The molecule has 0 radical (unpaired) electrons. The van der Waals surface area contributed by atoms with Crippen LogP contribution < -0.4 is 20.5 Å². The number of hydrogen-bond donors (Lipinski definition) is 2. The van der Waals surface area contributed by atoms with Crippen LogP contribution in [0.15, 0.2) is 16.6 Å². The van der Waals surface area contributed by atoms with Crippen molar-refractivity contribution in [3.63, 3.8) is 0 Å². The number of rotatable bonds is 5. The highest BCUT2D eigenvalue weighted by Gasteiger charge is 2.19. The molecule has 5 heteroatoms. The van der Waals surface area contributed by atoms with Crippen LogP contribution in [-0.2, 0) is 0 Å². The summed E-state index contributed by atoms with van der Waals surface area (Å²) in [7, 11) is 0. The van der Waals surface area contributed by atoms with Gasteiger partial charge in [-0.1, -0.05) is 0 Å². The van der Waals surface area contributed by atoms with Gasteiger partial charge in [-0.25, -0.2) is 0 Å². The van der Waals surface area contributed by atoms with Crippen molar-refractivity contribution < 1.29 is 9.47 Å². The van der Waals surface area contributed by atoms with Crippen LogP contribution in [0.5, 0.6) is 11.5 Å². The van der Waals surface area contributed by atoms with Crippen LogP contribution in [0.1, 0.15) is 24.9 Å². The lowest BCUT2D eigenvalue weighted by atomic mass is 10.1. The second kappa shape index (κ2) is 7.53. The van der Waals surface area contributed by atoms with Crippen LogP contribution in [0.3, 0.4) is 0 Å². The first-order valence-corrected chi connectivity index (χ1v) is 7.47. The SMILES string of the molecule is CC#CCCNC(CN)c1cc(Br)c2c(c1)OCCO2. The molecule has 1 aliphatic rings. The Hall–Kier alpha value is -1.22. The van der Waals surface area contributed by atoms with E-state index in [9.17, 15) is 0 Å². The van der Waals surface area contributed by atoms with Gasteiger partial charge >= 0.3 is 0 Å². The van der Waals surface area contributed by atoms with Crippen LogP contribution in [-0.4, -0.2) is 26.3 Å². The molecule has 0 saturated carbocycles. The van der Waals surface area contributed by atoms with Gasteiger partial charge < -0.3 is 20.5 Å². The van der Waals surface area contributed by atoms with E-state index in [0.29, 0.717) is 19.8 Å². The molecular formula is C15H19BrN2O2. The molecule has 3 N–H and O–H groups in total. The Morgan fingerprint density at radius 1 is 1.40 bits per heavy atom. The van der Waals surface area contributed by atoms with Gasteiger partial charge in [-0.15, -0.1) is 11.8 Å². The lowest BCUT2D eigenvalue weighted by molar-refractivity contribution is 0.170. The minimum Gasteiger partial charge on any atom is -0.486 e. The average molecular weight is 339 g/mol. The van der Waals surface area contributed by atoms with Gasteiger partial charge in [0.1, 0.15) is 13.2 Å². The van der Waals surface area contributed by atoms with Crippen molar-refractivity contribution in [1.29, 1.82) is 0 Å². The zero-order valence-electron chi connectivity index (χ0n) is 11.5. The van der Waals surface area contributed by atoms with Crippen molar-refractivity contribution in [2.45, 2.75) is 19.4 Å². The predicted molar refractivity (Wildman–Crippen MR) is 83.0 cm³/mol. The molecule has 1 aromatic rings. The maximum atomic E-state index is 5.86. The smallest absolute Gasteiger partial charge is 0.175 e. The molecule has 0 bridgehead atoms. The molecule has 0 spiro atoms. The summed E-state index contributed by atoms with van der Waals surface area (Å²) in [4.78, 5) is 0. The fourth-order valence-electron chi connectivity index (χ4n) is 2.10. The second-order valence-electron chi connectivity index (χ2n) is 4.45. The van der Waals surface area contributed by atoms with E-state index in [-0.39, 0.29) is 6.04 Å². The van der Waals surface area contributed by atoms with Crippen molar-refractivity contribution in [1.82, 2.24) is 5.32 Å². The Morgan fingerprint density at radius 2 is 2.20 bits per heavy atom. The van der Waals surface area contributed by atoms with Crippen LogP contribution in [0.2, 0.25) is 0 Å². The number of nitrogens with one attached hydrogen (secondary N) is 1. The highest BCUT2D eigenvalue weighted by Crippen LogP contribution is 2.39. The fraction of sp³-hybridized carbons (Fsp3) is 0.467. The standard InChI is InChI=1S/C15H19BrN2O2/c1-2-3-4-5-18-13(10-17)11-8-12(16)15-14(9-11)19-6-7-20-15/h8-9,13,18H,4-7,10,17H2,1H3. The third kappa shape index (κ3) is 3.66. The van der Waals surface area contributed by atoms with Crippen LogP contribution in [0.25, 0.3) is 0 Å². The maximum Gasteiger partial charge on any atom is 0.175 e. The van der Waals surface area contributed by atoms with Gasteiger partial charge in [-0.05, 0) is 40.5 Å². The van der Waals surface area contributed by atoms with Gasteiger partial charge in [0.05, 0.1) is 4.47 Å². The molecule has 1 heterocycles. The summed E-state index contributed by atoms with van der Waals surface area (Å²) in [5.74, 6) is 7.46. The quantitative estimate of drug-likeness (QED) is 0.638. The number of hydrogen-bond acceptors (Lipinski definition) is 4. The molecule has 0 aliphatic carbocycles. The van der Waals surface area contributed by atoms with E-state index in [2.05, 4.69) is 33.1 Å². The maximum absolute atomic E-state index is 5.86. The van der Waals surface area contributed by atoms with Crippen molar-refractivity contribution in [2.75, 3.05) is 26.3 Å². The average Bonchev–Trinajstić information content (AvgIpc) is 2.47. The first-order valence-electron chi connectivity index (χ1n) is 6.68. The third-order valence-electron chi connectivity index (χ3n) is 3.07. The summed E-state index contributed by atoms with van der Waals surface area (Å²) in [6.45, 7) is 4.34. The molecule has 4 nitrogen and oxygen atoms in total. The summed E-state index contributed by atoms with van der Waals surface area (Å²) >= 11 is 3.53. The van der Waals surface area contributed by atoms with E-state index >= 15 is 0 Å². The Bertz CT molecular complexity index is 523. The van der Waals surface area contributed by atoms with Crippen molar-refractivity contribution in [3.05, 3.63) is 22.2 Å². The molecule has 2 rings (SSSR count).